The van der Waals surface area contributed by atoms with Crippen molar-refractivity contribution in [3.63, 3.8) is 0 Å². The number of aryl methyl sites for hydroxylation is 1. The number of halogens is 1. The van der Waals surface area contributed by atoms with E-state index in [0.29, 0.717) is 46.2 Å². The first kappa shape index (κ1) is 29.7. The van der Waals surface area contributed by atoms with Gasteiger partial charge in [-0.25, -0.2) is 14.6 Å². The van der Waals surface area contributed by atoms with Crippen molar-refractivity contribution in [2.24, 2.45) is 0 Å². The normalized spacial score (nSPS) is 14.1. The van der Waals surface area contributed by atoms with Gasteiger partial charge in [-0.3, -0.25) is 15.4 Å². The van der Waals surface area contributed by atoms with E-state index in [1.807, 2.05) is 18.2 Å². The van der Waals surface area contributed by atoms with Crippen LogP contribution in [0.15, 0.2) is 78.2 Å². The van der Waals surface area contributed by atoms with Crippen molar-refractivity contribution in [2.75, 3.05) is 17.2 Å². The third kappa shape index (κ3) is 6.98. The average Bonchev–Trinajstić information content (AvgIpc) is 3.60. The molecular formula is C32H32ClN5O5. The Labute approximate surface area is 253 Å². The molecule has 2 aromatic carbocycles. The molecule has 3 N–H and O–H groups in total. The lowest BCUT2D eigenvalue weighted by molar-refractivity contribution is 0.0636. The van der Waals surface area contributed by atoms with Gasteiger partial charge in [-0.1, -0.05) is 24.3 Å². The van der Waals surface area contributed by atoms with Crippen molar-refractivity contribution in [3.05, 3.63) is 100 Å². The van der Waals surface area contributed by atoms with E-state index in [2.05, 4.69) is 27.2 Å². The van der Waals surface area contributed by atoms with E-state index in [0.717, 1.165) is 17.0 Å². The second-order valence-corrected chi connectivity index (χ2v) is 11.5. The third-order valence-electron chi connectivity index (χ3n) is 6.75. The van der Waals surface area contributed by atoms with Gasteiger partial charge in [0.15, 0.2) is 0 Å². The zero-order valence-corrected chi connectivity index (χ0v) is 24.8. The van der Waals surface area contributed by atoms with E-state index in [1.54, 1.807) is 67.9 Å². The summed E-state index contributed by atoms with van der Waals surface area (Å²) in [6, 6.07) is 15.6. The fraction of sp³-hybridized carbons (Fsp3) is 0.250. The number of ether oxygens (including phenoxy) is 2. The Hall–Kier alpha value is -4.83. The first-order valence-corrected chi connectivity index (χ1v) is 14.1. The molecule has 0 saturated heterocycles. The number of hydrogen-bond donors (Lipinski definition) is 3. The zero-order valence-electron chi connectivity index (χ0n) is 24.1. The van der Waals surface area contributed by atoms with Gasteiger partial charge in [-0.15, -0.1) is 0 Å². The summed E-state index contributed by atoms with van der Waals surface area (Å²) in [7, 11) is 0. The lowest BCUT2D eigenvalue weighted by Crippen LogP contribution is -2.27. The van der Waals surface area contributed by atoms with Crippen molar-refractivity contribution >= 4 is 35.2 Å². The molecule has 4 aromatic rings. The highest BCUT2D eigenvalue weighted by Crippen LogP contribution is 2.35. The molecule has 1 aliphatic heterocycles. The van der Waals surface area contributed by atoms with Gasteiger partial charge in [-0.05, 0) is 87.7 Å². The predicted octanol–water partition coefficient (Wildman–Crippen LogP) is 7.18. The minimum absolute atomic E-state index is 0.126. The number of nitrogens with zero attached hydrogens (tertiary/aromatic N) is 2. The molecule has 1 aliphatic rings. The number of anilines is 2. The zero-order chi connectivity index (χ0) is 30.7. The molecule has 222 valence electrons. The molecule has 0 fully saturated rings. The second-order valence-electron chi connectivity index (χ2n) is 11.1. The summed E-state index contributed by atoms with van der Waals surface area (Å²) in [5, 5.41) is 5.91. The Balaban J connectivity index is 1.37. The van der Waals surface area contributed by atoms with Crippen LogP contribution in [-0.4, -0.2) is 38.9 Å². The number of amides is 2. The van der Waals surface area contributed by atoms with Crippen LogP contribution in [0, 0.1) is 0 Å². The van der Waals surface area contributed by atoms with E-state index in [1.165, 1.54) is 6.08 Å². The topological polar surface area (TPSA) is 127 Å². The number of fused-ring (bicyclic) bond motifs is 1. The maximum atomic E-state index is 13.5. The first-order valence-electron chi connectivity index (χ1n) is 13.8. The van der Waals surface area contributed by atoms with Crippen LogP contribution in [0.25, 0.3) is 22.5 Å². The number of aromatic amines is 1. The fourth-order valence-electron chi connectivity index (χ4n) is 4.97. The number of carbonyl (C=O) groups is 2. The van der Waals surface area contributed by atoms with Crippen molar-refractivity contribution in [1.29, 1.82) is 0 Å². The van der Waals surface area contributed by atoms with Crippen molar-refractivity contribution < 1.29 is 19.1 Å². The molecule has 0 aliphatic carbocycles. The number of pyridine rings is 1. The summed E-state index contributed by atoms with van der Waals surface area (Å²) in [5.41, 5.74) is 4.02. The summed E-state index contributed by atoms with van der Waals surface area (Å²) < 4.78 is 12.1. The Bertz CT molecular complexity index is 1740. The summed E-state index contributed by atoms with van der Waals surface area (Å²) in [6.07, 6.45) is 3.48. The molecule has 0 bridgehead atoms. The van der Waals surface area contributed by atoms with Crippen LogP contribution in [0.5, 0.6) is 0 Å². The molecule has 10 nitrogen and oxygen atoms in total. The number of hydrogen-bond acceptors (Lipinski definition) is 6. The van der Waals surface area contributed by atoms with Gasteiger partial charge in [0.1, 0.15) is 18.0 Å². The van der Waals surface area contributed by atoms with Crippen LogP contribution < -0.4 is 16.2 Å². The standard InChI is InChI=1S/C32H32ClN5O5/c1-5-14-42-30(40)35-22-9-6-19(7-10-22)29-34-18-26(36-29)27-13-11-23-15-20(16-28(39)38(23)27)24-17-21(33)8-12-25(24)37-31(41)43-32(2,3)4/h5-10,12,15-18,27H,1,11,13-14H2,2-4H3,(H,34,36)(H,35,40)(H,37,41). The molecule has 43 heavy (non-hydrogen) atoms. The van der Waals surface area contributed by atoms with E-state index < -0.39 is 17.8 Å². The van der Waals surface area contributed by atoms with Gasteiger partial charge >= 0.3 is 12.2 Å². The molecule has 2 amide bonds. The number of rotatable bonds is 7. The molecule has 0 saturated carbocycles. The van der Waals surface area contributed by atoms with Gasteiger partial charge in [0.25, 0.3) is 5.56 Å². The third-order valence-corrected chi connectivity index (χ3v) is 6.99. The number of imidazole rings is 1. The number of benzene rings is 2. The molecule has 1 atom stereocenters. The quantitative estimate of drug-likeness (QED) is 0.193. The van der Waals surface area contributed by atoms with E-state index in [4.69, 9.17) is 21.1 Å². The van der Waals surface area contributed by atoms with Crippen molar-refractivity contribution in [3.8, 4) is 22.5 Å². The van der Waals surface area contributed by atoms with Crippen LogP contribution in [0.3, 0.4) is 0 Å². The highest BCUT2D eigenvalue weighted by Gasteiger charge is 2.27. The molecule has 2 aromatic heterocycles. The lowest BCUT2D eigenvalue weighted by atomic mass is 10.0. The second kappa shape index (κ2) is 12.2. The molecule has 11 heteroatoms. The fourth-order valence-corrected chi connectivity index (χ4v) is 5.15. The van der Waals surface area contributed by atoms with E-state index >= 15 is 0 Å². The molecule has 0 spiro atoms. The molecular weight excluding hydrogens is 570 g/mol. The summed E-state index contributed by atoms with van der Waals surface area (Å²) >= 11 is 6.31. The Morgan fingerprint density at radius 1 is 1.09 bits per heavy atom. The van der Waals surface area contributed by atoms with Crippen LogP contribution in [0.4, 0.5) is 21.0 Å². The van der Waals surface area contributed by atoms with E-state index in [9.17, 15) is 14.4 Å². The SMILES string of the molecule is C=CCOC(=O)Nc1ccc(-c2ncc(C3CCc4cc(-c5cc(Cl)ccc5NC(=O)OC(C)(C)C)cc(=O)n43)[nH]2)cc1. The minimum Gasteiger partial charge on any atom is -0.445 e. The van der Waals surface area contributed by atoms with Crippen LogP contribution >= 0.6 is 11.6 Å². The Morgan fingerprint density at radius 3 is 2.58 bits per heavy atom. The van der Waals surface area contributed by atoms with Gasteiger partial charge in [0.05, 0.1) is 23.6 Å². The molecule has 5 rings (SSSR count). The Morgan fingerprint density at radius 2 is 1.86 bits per heavy atom. The number of aromatic nitrogens is 3. The largest absolute Gasteiger partial charge is 0.445 e. The molecule has 0 radical (unpaired) electrons. The van der Waals surface area contributed by atoms with Crippen LogP contribution in [0.2, 0.25) is 5.02 Å². The first-order chi connectivity index (χ1) is 20.5. The smallest absolute Gasteiger partial charge is 0.412 e. The van der Waals surface area contributed by atoms with Gasteiger partial charge < -0.3 is 19.0 Å². The lowest BCUT2D eigenvalue weighted by Gasteiger charge is -2.21. The van der Waals surface area contributed by atoms with Gasteiger partial charge in [0.2, 0.25) is 0 Å². The highest BCUT2D eigenvalue weighted by atomic mass is 35.5. The van der Waals surface area contributed by atoms with Crippen LogP contribution in [-0.2, 0) is 15.9 Å². The summed E-state index contributed by atoms with van der Waals surface area (Å²) in [4.78, 5) is 45.7. The monoisotopic (exact) mass is 601 g/mol. The number of nitrogens with one attached hydrogen (secondary N) is 3. The number of H-pyrrole nitrogens is 1. The highest BCUT2D eigenvalue weighted by molar-refractivity contribution is 6.31. The minimum atomic E-state index is -0.660. The maximum absolute atomic E-state index is 13.5. The van der Waals surface area contributed by atoms with Crippen LogP contribution in [0.1, 0.15) is 44.6 Å². The molecule has 3 heterocycles. The predicted molar refractivity (Wildman–Crippen MR) is 167 cm³/mol. The summed E-state index contributed by atoms with van der Waals surface area (Å²) in [6.45, 7) is 9.01. The average molecular weight is 602 g/mol. The van der Waals surface area contributed by atoms with Crippen molar-refractivity contribution in [2.45, 2.75) is 45.3 Å². The number of carbonyl (C=O) groups excluding carboxylic acids is 2. The summed E-state index contributed by atoms with van der Waals surface area (Å²) in [5.74, 6) is 0.644. The molecule has 1 unspecified atom stereocenters. The van der Waals surface area contributed by atoms with E-state index in [-0.39, 0.29) is 18.2 Å². The van der Waals surface area contributed by atoms with Gasteiger partial charge in [-0.2, -0.15) is 0 Å². The Kier molecular flexibility index (Phi) is 8.40. The maximum Gasteiger partial charge on any atom is 0.412 e. The van der Waals surface area contributed by atoms with Crippen molar-refractivity contribution in [1.82, 2.24) is 14.5 Å². The van der Waals surface area contributed by atoms with Gasteiger partial charge in [0, 0.05) is 33.6 Å².